The van der Waals surface area contributed by atoms with Gasteiger partial charge in [0.05, 0.1) is 18.2 Å². The van der Waals surface area contributed by atoms with Crippen LogP contribution < -0.4 is 5.32 Å². The number of furan rings is 1. The molecule has 1 heterocycles. The van der Waals surface area contributed by atoms with Crippen molar-refractivity contribution in [1.29, 1.82) is 0 Å². The Morgan fingerprint density at radius 1 is 1.56 bits per heavy atom. The summed E-state index contributed by atoms with van der Waals surface area (Å²) in [6.07, 6.45) is 1.99. The van der Waals surface area contributed by atoms with E-state index in [9.17, 15) is 9.59 Å². The Labute approximate surface area is 93.4 Å². The normalized spacial score (nSPS) is 12.1. The molecule has 5 nitrogen and oxygen atoms in total. The van der Waals surface area contributed by atoms with Crippen LogP contribution in [0.4, 0.5) is 0 Å². The van der Waals surface area contributed by atoms with E-state index < -0.39 is 12.0 Å². The highest BCUT2D eigenvalue weighted by Gasteiger charge is 2.16. The van der Waals surface area contributed by atoms with Crippen LogP contribution in [0, 0.1) is 0 Å². The molecule has 1 aromatic heterocycles. The zero-order valence-electron chi connectivity index (χ0n) is 9.32. The fourth-order valence-corrected chi connectivity index (χ4v) is 1.43. The fraction of sp³-hybridized carbons (Fsp3) is 0.455. The van der Waals surface area contributed by atoms with Crippen LogP contribution in [0.2, 0.25) is 0 Å². The zero-order valence-corrected chi connectivity index (χ0v) is 9.32. The minimum absolute atomic E-state index is 0.0922. The molecule has 0 aliphatic carbocycles. The van der Waals surface area contributed by atoms with Crippen LogP contribution >= 0.6 is 0 Å². The van der Waals surface area contributed by atoms with Gasteiger partial charge in [0.2, 0.25) is 0 Å². The maximum Gasteiger partial charge on any atom is 0.305 e. The predicted octanol–water partition coefficient (Wildman–Crippen LogP) is 1.44. The second-order valence-corrected chi connectivity index (χ2v) is 3.58. The van der Waals surface area contributed by atoms with Crippen LogP contribution in [0.1, 0.15) is 36.4 Å². The van der Waals surface area contributed by atoms with Crippen molar-refractivity contribution in [3.63, 3.8) is 0 Å². The number of aryl methyl sites for hydroxylation is 1. The summed E-state index contributed by atoms with van der Waals surface area (Å²) in [6.45, 7) is 3.54. The molecule has 0 saturated heterocycles. The first-order valence-corrected chi connectivity index (χ1v) is 5.13. The van der Waals surface area contributed by atoms with Crippen LogP contribution in [0.3, 0.4) is 0 Å². The second kappa shape index (κ2) is 5.34. The van der Waals surface area contributed by atoms with Crippen molar-refractivity contribution in [2.24, 2.45) is 0 Å². The van der Waals surface area contributed by atoms with E-state index in [1.807, 2.05) is 6.92 Å². The van der Waals surface area contributed by atoms with Gasteiger partial charge in [0.1, 0.15) is 5.76 Å². The number of carboxylic acid groups (broad SMARTS) is 1. The highest BCUT2D eigenvalue weighted by molar-refractivity contribution is 5.95. The van der Waals surface area contributed by atoms with Gasteiger partial charge in [0.15, 0.2) is 0 Å². The lowest BCUT2D eigenvalue weighted by atomic mass is 10.1. The van der Waals surface area contributed by atoms with E-state index in [1.165, 1.54) is 6.26 Å². The number of nitrogens with one attached hydrogen (secondary N) is 1. The van der Waals surface area contributed by atoms with Gasteiger partial charge >= 0.3 is 5.97 Å². The number of carbonyl (C=O) groups excluding carboxylic acids is 1. The molecule has 1 amide bonds. The minimum atomic E-state index is -0.935. The third kappa shape index (κ3) is 3.12. The number of amides is 1. The smallest absolute Gasteiger partial charge is 0.305 e. The molecule has 0 fully saturated rings. The Balaban J connectivity index is 2.62. The molecule has 0 spiro atoms. The molecule has 0 bridgehead atoms. The van der Waals surface area contributed by atoms with Crippen molar-refractivity contribution < 1.29 is 19.1 Å². The summed E-state index contributed by atoms with van der Waals surface area (Å²) in [5, 5.41) is 11.2. The van der Waals surface area contributed by atoms with Crippen molar-refractivity contribution in [3.8, 4) is 0 Å². The maximum atomic E-state index is 11.7. The highest BCUT2D eigenvalue weighted by Crippen LogP contribution is 2.11. The van der Waals surface area contributed by atoms with E-state index >= 15 is 0 Å². The Kier molecular flexibility index (Phi) is 4.10. The number of aliphatic carboxylic acids is 1. The molecule has 1 rings (SSSR count). The highest BCUT2D eigenvalue weighted by atomic mass is 16.4. The standard InChI is InChI=1S/C11H15NO4/c1-3-9-8(4-5-16-9)11(15)12-7(2)6-10(13)14/h4-5,7H,3,6H2,1-2H3,(H,12,15)(H,13,14). The average molecular weight is 225 g/mol. The van der Waals surface area contributed by atoms with Crippen molar-refractivity contribution in [1.82, 2.24) is 5.32 Å². The molecule has 0 aromatic carbocycles. The van der Waals surface area contributed by atoms with E-state index in [0.717, 1.165) is 0 Å². The summed E-state index contributed by atoms with van der Waals surface area (Å²) in [5.74, 6) is -0.616. The SMILES string of the molecule is CCc1occc1C(=O)NC(C)CC(=O)O. The van der Waals surface area contributed by atoms with Gasteiger partial charge in [-0.1, -0.05) is 6.92 Å². The molecule has 1 aromatic rings. The topological polar surface area (TPSA) is 79.5 Å². The lowest BCUT2D eigenvalue weighted by molar-refractivity contribution is -0.137. The molecule has 88 valence electrons. The van der Waals surface area contributed by atoms with Gasteiger partial charge in [-0.25, -0.2) is 0 Å². The molecule has 2 N–H and O–H groups in total. The van der Waals surface area contributed by atoms with Crippen molar-refractivity contribution >= 4 is 11.9 Å². The first-order chi connectivity index (χ1) is 7.54. The van der Waals surface area contributed by atoms with Crippen molar-refractivity contribution in [2.75, 3.05) is 0 Å². The first kappa shape index (κ1) is 12.3. The van der Waals surface area contributed by atoms with Crippen LogP contribution in [0.15, 0.2) is 16.7 Å². The molecule has 1 unspecified atom stereocenters. The number of carboxylic acids is 1. The molecule has 1 atom stereocenters. The van der Waals surface area contributed by atoms with Crippen LogP contribution in [0.25, 0.3) is 0 Å². The average Bonchev–Trinajstić information content (AvgIpc) is 2.63. The molecular formula is C11H15NO4. The first-order valence-electron chi connectivity index (χ1n) is 5.13. The fourth-order valence-electron chi connectivity index (χ4n) is 1.43. The van der Waals surface area contributed by atoms with Gasteiger partial charge in [-0.2, -0.15) is 0 Å². The van der Waals surface area contributed by atoms with Crippen molar-refractivity contribution in [2.45, 2.75) is 32.7 Å². The summed E-state index contributed by atoms with van der Waals surface area (Å²) < 4.78 is 5.12. The molecule has 0 aliphatic heterocycles. The van der Waals surface area contributed by atoms with Crippen molar-refractivity contribution in [3.05, 3.63) is 23.7 Å². The lowest BCUT2D eigenvalue weighted by Gasteiger charge is -2.10. The molecule has 16 heavy (non-hydrogen) atoms. The molecule has 0 aliphatic rings. The molecular weight excluding hydrogens is 210 g/mol. The Hall–Kier alpha value is -1.78. The van der Waals surface area contributed by atoms with E-state index in [-0.39, 0.29) is 12.3 Å². The number of carbonyl (C=O) groups is 2. The maximum absolute atomic E-state index is 11.7. The minimum Gasteiger partial charge on any atom is -0.481 e. The Morgan fingerprint density at radius 2 is 2.25 bits per heavy atom. The molecule has 5 heteroatoms. The quantitative estimate of drug-likeness (QED) is 0.794. The van der Waals surface area contributed by atoms with Gasteiger partial charge in [-0.15, -0.1) is 0 Å². The summed E-state index contributed by atoms with van der Waals surface area (Å²) in [7, 11) is 0. The molecule has 0 saturated carbocycles. The molecule has 0 radical (unpaired) electrons. The zero-order chi connectivity index (χ0) is 12.1. The van der Waals surface area contributed by atoms with Gasteiger partial charge in [-0.05, 0) is 13.0 Å². The Morgan fingerprint density at radius 3 is 2.81 bits per heavy atom. The number of rotatable bonds is 5. The lowest BCUT2D eigenvalue weighted by Crippen LogP contribution is -2.34. The monoisotopic (exact) mass is 225 g/mol. The van der Waals surface area contributed by atoms with Gasteiger partial charge in [0, 0.05) is 12.5 Å². The summed E-state index contributed by atoms with van der Waals surface area (Å²) in [4.78, 5) is 22.1. The predicted molar refractivity (Wildman–Crippen MR) is 57.3 cm³/mol. The van der Waals surface area contributed by atoms with Gasteiger partial charge < -0.3 is 14.8 Å². The number of hydrogen-bond acceptors (Lipinski definition) is 3. The van der Waals surface area contributed by atoms with Crippen LogP contribution in [0.5, 0.6) is 0 Å². The third-order valence-corrected chi connectivity index (χ3v) is 2.17. The largest absolute Gasteiger partial charge is 0.481 e. The van der Waals surface area contributed by atoms with Crippen LogP contribution in [-0.2, 0) is 11.2 Å². The summed E-state index contributed by atoms with van der Waals surface area (Å²) in [5.41, 5.74) is 0.472. The van der Waals surface area contributed by atoms with E-state index in [4.69, 9.17) is 9.52 Å². The summed E-state index contributed by atoms with van der Waals surface area (Å²) in [6, 6.07) is 1.19. The Bertz CT molecular complexity index is 383. The van der Waals surface area contributed by atoms with E-state index in [0.29, 0.717) is 17.7 Å². The summed E-state index contributed by atoms with van der Waals surface area (Å²) >= 11 is 0. The van der Waals surface area contributed by atoms with Crippen LogP contribution in [-0.4, -0.2) is 23.0 Å². The van der Waals surface area contributed by atoms with Gasteiger partial charge in [-0.3, -0.25) is 9.59 Å². The van der Waals surface area contributed by atoms with Gasteiger partial charge in [0.25, 0.3) is 5.91 Å². The third-order valence-electron chi connectivity index (χ3n) is 2.17. The van der Waals surface area contributed by atoms with E-state index in [2.05, 4.69) is 5.32 Å². The van der Waals surface area contributed by atoms with E-state index in [1.54, 1.807) is 13.0 Å². The number of hydrogen-bond donors (Lipinski definition) is 2. The second-order valence-electron chi connectivity index (χ2n) is 3.58.